The third kappa shape index (κ3) is 2.99. The van der Waals surface area contributed by atoms with Gasteiger partial charge in [-0.15, -0.1) is 0 Å². The largest absolute Gasteiger partial charge is 0.479 e. The van der Waals surface area contributed by atoms with Crippen molar-refractivity contribution in [3.63, 3.8) is 0 Å². The van der Waals surface area contributed by atoms with Gasteiger partial charge >= 0.3 is 5.97 Å². The van der Waals surface area contributed by atoms with Crippen LogP contribution in [0.4, 0.5) is 0 Å². The molecule has 1 N–H and O–H groups in total. The van der Waals surface area contributed by atoms with Crippen molar-refractivity contribution in [2.45, 2.75) is 39.2 Å². The summed E-state index contributed by atoms with van der Waals surface area (Å²) < 4.78 is 5.43. The van der Waals surface area contributed by atoms with Gasteiger partial charge in [-0.1, -0.05) is 32.0 Å². The summed E-state index contributed by atoms with van der Waals surface area (Å²) in [6.07, 6.45) is 0.187. The minimum absolute atomic E-state index is 0.372. The zero-order valence-electron chi connectivity index (χ0n) is 9.93. The summed E-state index contributed by atoms with van der Waals surface area (Å²) in [5.41, 5.74) is 1.07. The fourth-order valence-corrected chi connectivity index (χ4v) is 1.46. The number of aliphatic carboxylic acids is 1. The highest BCUT2D eigenvalue weighted by Crippen LogP contribution is 2.28. The van der Waals surface area contributed by atoms with Crippen LogP contribution in [0.3, 0.4) is 0 Å². The van der Waals surface area contributed by atoms with Crippen LogP contribution in [0.5, 0.6) is 5.75 Å². The maximum absolute atomic E-state index is 10.7. The lowest BCUT2D eigenvalue weighted by molar-refractivity contribution is -0.144. The highest BCUT2D eigenvalue weighted by molar-refractivity contribution is 5.72. The second-order valence-electron chi connectivity index (χ2n) is 3.95. The predicted octanol–water partition coefficient (Wildman–Crippen LogP) is 3.05. The van der Waals surface area contributed by atoms with E-state index in [9.17, 15) is 4.79 Å². The van der Waals surface area contributed by atoms with Crippen LogP contribution in [0.2, 0.25) is 0 Å². The molecule has 0 amide bonds. The first kappa shape index (κ1) is 12.6. The summed E-state index contributed by atoms with van der Waals surface area (Å²) in [5, 5.41) is 8.81. The Morgan fingerprint density at radius 2 is 2.00 bits per heavy atom. The molecule has 0 aliphatic rings. The Labute approximate surface area is 96.1 Å². The molecule has 0 spiro atoms. The predicted molar refractivity (Wildman–Crippen MR) is 62.9 cm³/mol. The van der Waals surface area contributed by atoms with Crippen LogP contribution in [-0.4, -0.2) is 17.2 Å². The van der Waals surface area contributed by atoms with Crippen LogP contribution >= 0.6 is 0 Å². The van der Waals surface area contributed by atoms with Crippen molar-refractivity contribution in [1.82, 2.24) is 0 Å². The van der Waals surface area contributed by atoms with E-state index < -0.39 is 12.1 Å². The number of carboxylic acid groups (broad SMARTS) is 1. The van der Waals surface area contributed by atoms with Crippen molar-refractivity contribution in [2.75, 3.05) is 0 Å². The SMILES string of the molecule is CC[C@@H](C)c1ccccc1O[C@H](C)C(=O)O. The number of ether oxygens (including phenoxy) is 1. The number of hydrogen-bond donors (Lipinski definition) is 1. The van der Waals surface area contributed by atoms with Crippen LogP contribution in [0.1, 0.15) is 38.7 Å². The molecule has 2 atom stereocenters. The normalized spacial score (nSPS) is 14.2. The smallest absolute Gasteiger partial charge is 0.344 e. The van der Waals surface area contributed by atoms with Gasteiger partial charge in [-0.2, -0.15) is 0 Å². The molecule has 0 aromatic heterocycles. The van der Waals surface area contributed by atoms with Crippen LogP contribution in [0, 0.1) is 0 Å². The van der Waals surface area contributed by atoms with E-state index in [2.05, 4.69) is 13.8 Å². The van der Waals surface area contributed by atoms with Crippen molar-refractivity contribution in [2.24, 2.45) is 0 Å². The van der Waals surface area contributed by atoms with Crippen molar-refractivity contribution >= 4 is 5.97 Å². The maximum atomic E-state index is 10.7. The molecule has 88 valence electrons. The summed E-state index contributed by atoms with van der Waals surface area (Å²) in [7, 11) is 0. The van der Waals surface area contributed by atoms with Crippen LogP contribution in [-0.2, 0) is 4.79 Å². The van der Waals surface area contributed by atoms with Crippen LogP contribution < -0.4 is 4.74 Å². The molecule has 0 unspecified atom stereocenters. The first-order valence-corrected chi connectivity index (χ1v) is 5.54. The Balaban J connectivity index is 2.90. The highest BCUT2D eigenvalue weighted by atomic mass is 16.5. The Morgan fingerprint density at radius 1 is 1.38 bits per heavy atom. The van der Waals surface area contributed by atoms with Gasteiger partial charge in [0.05, 0.1) is 0 Å². The van der Waals surface area contributed by atoms with Gasteiger partial charge in [0, 0.05) is 0 Å². The molecule has 0 aliphatic carbocycles. The van der Waals surface area contributed by atoms with Gasteiger partial charge in [0.15, 0.2) is 6.10 Å². The summed E-state index contributed by atoms with van der Waals surface area (Å²) in [6, 6.07) is 7.61. The second kappa shape index (κ2) is 5.54. The third-order valence-corrected chi connectivity index (χ3v) is 2.71. The molecule has 3 nitrogen and oxygen atoms in total. The molecule has 0 aliphatic heterocycles. The molecule has 1 aromatic rings. The maximum Gasteiger partial charge on any atom is 0.344 e. The van der Waals surface area contributed by atoms with E-state index >= 15 is 0 Å². The Kier molecular flexibility index (Phi) is 4.35. The molecular weight excluding hydrogens is 204 g/mol. The van der Waals surface area contributed by atoms with E-state index in [1.807, 2.05) is 24.3 Å². The minimum Gasteiger partial charge on any atom is -0.479 e. The number of benzene rings is 1. The first-order chi connectivity index (χ1) is 7.56. The van der Waals surface area contributed by atoms with E-state index in [0.717, 1.165) is 12.0 Å². The lowest BCUT2D eigenvalue weighted by Crippen LogP contribution is -2.23. The van der Waals surface area contributed by atoms with E-state index in [-0.39, 0.29) is 0 Å². The first-order valence-electron chi connectivity index (χ1n) is 5.54. The van der Waals surface area contributed by atoms with E-state index in [1.54, 1.807) is 0 Å². The standard InChI is InChI=1S/C13H18O3/c1-4-9(2)11-7-5-6-8-12(11)16-10(3)13(14)15/h5-10H,4H2,1-3H3,(H,14,15)/t9-,10-/m1/s1. The summed E-state index contributed by atoms with van der Waals surface area (Å²) in [4.78, 5) is 10.7. The van der Waals surface area contributed by atoms with Gasteiger partial charge in [0.1, 0.15) is 5.75 Å². The van der Waals surface area contributed by atoms with Gasteiger partial charge in [-0.05, 0) is 30.9 Å². The molecule has 1 aromatic carbocycles. The number of para-hydroxylation sites is 1. The molecule has 16 heavy (non-hydrogen) atoms. The third-order valence-electron chi connectivity index (χ3n) is 2.71. The fraction of sp³-hybridized carbons (Fsp3) is 0.462. The molecule has 0 radical (unpaired) electrons. The molecule has 0 bridgehead atoms. The van der Waals surface area contributed by atoms with Crippen molar-refractivity contribution in [3.05, 3.63) is 29.8 Å². The Hall–Kier alpha value is -1.51. The number of hydrogen-bond acceptors (Lipinski definition) is 2. The van der Waals surface area contributed by atoms with Crippen molar-refractivity contribution < 1.29 is 14.6 Å². The zero-order valence-corrected chi connectivity index (χ0v) is 9.93. The lowest BCUT2D eigenvalue weighted by Gasteiger charge is -2.17. The average Bonchev–Trinajstić information content (AvgIpc) is 2.28. The molecule has 0 heterocycles. The molecule has 3 heteroatoms. The van der Waals surface area contributed by atoms with E-state index in [1.165, 1.54) is 6.92 Å². The van der Waals surface area contributed by atoms with Gasteiger partial charge in [0.25, 0.3) is 0 Å². The van der Waals surface area contributed by atoms with Crippen molar-refractivity contribution in [1.29, 1.82) is 0 Å². The lowest BCUT2D eigenvalue weighted by atomic mass is 9.98. The number of carbonyl (C=O) groups is 1. The quantitative estimate of drug-likeness (QED) is 0.832. The molecule has 0 fully saturated rings. The van der Waals surface area contributed by atoms with Crippen LogP contribution in [0.25, 0.3) is 0 Å². The summed E-state index contributed by atoms with van der Waals surface area (Å²) in [6.45, 7) is 5.74. The Bertz CT molecular complexity index is 360. The molecule has 1 rings (SSSR count). The second-order valence-corrected chi connectivity index (χ2v) is 3.95. The number of rotatable bonds is 5. The van der Waals surface area contributed by atoms with Crippen molar-refractivity contribution in [3.8, 4) is 5.75 Å². The topological polar surface area (TPSA) is 46.5 Å². The van der Waals surface area contributed by atoms with E-state index in [4.69, 9.17) is 9.84 Å². The molecule has 0 saturated carbocycles. The van der Waals surface area contributed by atoms with Crippen LogP contribution in [0.15, 0.2) is 24.3 Å². The molecule has 0 saturated heterocycles. The monoisotopic (exact) mass is 222 g/mol. The molecular formula is C13H18O3. The van der Waals surface area contributed by atoms with Gasteiger partial charge in [-0.3, -0.25) is 0 Å². The van der Waals surface area contributed by atoms with Gasteiger partial charge in [-0.25, -0.2) is 4.79 Å². The minimum atomic E-state index is -0.945. The fourth-order valence-electron chi connectivity index (χ4n) is 1.46. The summed E-state index contributed by atoms with van der Waals surface area (Å²) in [5.74, 6) is 0.0999. The zero-order chi connectivity index (χ0) is 12.1. The Morgan fingerprint density at radius 3 is 2.56 bits per heavy atom. The van der Waals surface area contributed by atoms with Gasteiger partial charge < -0.3 is 9.84 Å². The highest BCUT2D eigenvalue weighted by Gasteiger charge is 2.16. The average molecular weight is 222 g/mol. The number of carboxylic acids is 1. The van der Waals surface area contributed by atoms with E-state index in [0.29, 0.717) is 11.7 Å². The van der Waals surface area contributed by atoms with Gasteiger partial charge in [0.2, 0.25) is 0 Å². The summed E-state index contributed by atoms with van der Waals surface area (Å²) >= 11 is 0.